The molecule has 1 aliphatic carbocycles. The molecule has 3 rings (SSSR count). The molecule has 1 heterocycles. The maximum absolute atomic E-state index is 12.5. The molecule has 1 unspecified atom stereocenters. The molecule has 0 radical (unpaired) electrons. The van der Waals surface area contributed by atoms with Crippen molar-refractivity contribution in [3.8, 4) is 0 Å². The summed E-state index contributed by atoms with van der Waals surface area (Å²) in [5.41, 5.74) is 1.07. The Morgan fingerprint density at radius 1 is 1.26 bits per heavy atom. The van der Waals surface area contributed by atoms with E-state index in [1.807, 2.05) is 31.2 Å². The SMILES string of the molecule is CCC(NC(=O)CSc1nnc(C)n1C1CCCCC1)c1ccc(Cl)cc1. The smallest absolute Gasteiger partial charge is 0.230 e. The van der Waals surface area contributed by atoms with E-state index < -0.39 is 0 Å². The summed E-state index contributed by atoms with van der Waals surface area (Å²) in [5.74, 6) is 1.30. The van der Waals surface area contributed by atoms with Crippen molar-refractivity contribution in [2.75, 3.05) is 5.75 Å². The first kappa shape index (κ1) is 20.2. The Bertz CT molecular complexity index is 756. The number of nitrogens with zero attached hydrogens (tertiary/aromatic N) is 3. The van der Waals surface area contributed by atoms with Crippen molar-refractivity contribution >= 4 is 29.3 Å². The fraction of sp³-hybridized carbons (Fsp3) is 0.550. The van der Waals surface area contributed by atoms with E-state index >= 15 is 0 Å². The Balaban J connectivity index is 1.59. The summed E-state index contributed by atoms with van der Waals surface area (Å²) >= 11 is 7.43. The van der Waals surface area contributed by atoms with Crippen molar-refractivity contribution in [2.45, 2.75) is 69.6 Å². The van der Waals surface area contributed by atoms with Crippen LogP contribution >= 0.6 is 23.4 Å². The molecule has 0 spiro atoms. The highest BCUT2D eigenvalue weighted by Crippen LogP contribution is 2.32. The Kier molecular flexibility index (Phi) is 7.19. The van der Waals surface area contributed by atoms with E-state index in [1.54, 1.807) is 0 Å². The molecular formula is C20H27ClN4OS. The number of thioether (sulfide) groups is 1. The molecule has 0 saturated heterocycles. The number of hydrogen-bond donors (Lipinski definition) is 1. The number of halogens is 1. The second-order valence-electron chi connectivity index (χ2n) is 7.06. The largest absolute Gasteiger partial charge is 0.349 e. The third-order valence-electron chi connectivity index (χ3n) is 5.12. The lowest BCUT2D eigenvalue weighted by molar-refractivity contribution is -0.119. The van der Waals surface area contributed by atoms with Crippen LogP contribution in [0.25, 0.3) is 0 Å². The highest BCUT2D eigenvalue weighted by atomic mass is 35.5. The number of carbonyl (C=O) groups excluding carboxylic acids is 1. The number of aromatic nitrogens is 3. The Labute approximate surface area is 170 Å². The van der Waals surface area contributed by atoms with Gasteiger partial charge in [0.25, 0.3) is 0 Å². The first-order valence-electron chi connectivity index (χ1n) is 9.67. The number of benzene rings is 1. The standard InChI is InChI=1S/C20H27ClN4OS/c1-3-18(15-9-11-16(21)12-10-15)22-19(26)13-27-20-24-23-14(2)25(20)17-7-5-4-6-8-17/h9-12,17-18H,3-8,13H2,1-2H3,(H,22,26). The summed E-state index contributed by atoms with van der Waals surface area (Å²) in [6.07, 6.45) is 7.00. The van der Waals surface area contributed by atoms with Gasteiger partial charge in [-0.25, -0.2) is 0 Å². The molecule has 1 atom stereocenters. The van der Waals surface area contributed by atoms with Crippen LogP contribution in [-0.4, -0.2) is 26.4 Å². The molecule has 7 heteroatoms. The van der Waals surface area contributed by atoms with Crippen molar-refractivity contribution in [3.05, 3.63) is 40.7 Å². The Morgan fingerprint density at radius 2 is 1.96 bits per heavy atom. The molecule has 1 saturated carbocycles. The first-order valence-corrected chi connectivity index (χ1v) is 11.0. The van der Waals surface area contributed by atoms with Crippen molar-refractivity contribution in [1.82, 2.24) is 20.1 Å². The molecule has 1 fully saturated rings. The highest BCUT2D eigenvalue weighted by molar-refractivity contribution is 7.99. The molecule has 0 bridgehead atoms. The van der Waals surface area contributed by atoms with Gasteiger partial charge in [-0.05, 0) is 43.9 Å². The topological polar surface area (TPSA) is 59.8 Å². The summed E-state index contributed by atoms with van der Waals surface area (Å²) in [6.45, 7) is 4.06. The second kappa shape index (κ2) is 9.60. The normalized spacial score (nSPS) is 16.3. The number of aryl methyl sites for hydroxylation is 1. The number of nitrogens with one attached hydrogen (secondary N) is 1. The van der Waals surface area contributed by atoms with Crippen LogP contribution in [0.3, 0.4) is 0 Å². The predicted molar refractivity (Wildman–Crippen MR) is 110 cm³/mol. The van der Waals surface area contributed by atoms with Gasteiger partial charge in [-0.1, -0.05) is 61.7 Å². The lowest BCUT2D eigenvalue weighted by Gasteiger charge is -2.25. The van der Waals surface area contributed by atoms with Crippen LogP contribution in [0.4, 0.5) is 0 Å². The summed E-state index contributed by atoms with van der Waals surface area (Å²) in [4.78, 5) is 12.5. The number of carbonyl (C=O) groups is 1. The maximum atomic E-state index is 12.5. The third kappa shape index (κ3) is 5.26. The van der Waals surface area contributed by atoms with Gasteiger partial charge in [0.2, 0.25) is 5.91 Å². The average Bonchev–Trinajstić information content (AvgIpc) is 3.06. The van der Waals surface area contributed by atoms with Crippen LogP contribution in [-0.2, 0) is 4.79 Å². The number of hydrogen-bond acceptors (Lipinski definition) is 4. The van der Waals surface area contributed by atoms with E-state index in [4.69, 9.17) is 11.6 Å². The zero-order valence-electron chi connectivity index (χ0n) is 15.9. The fourth-order valence-electron chi connectivity index (χ4n) is 3.69. The van der Waals surface area contributed by atoms with Crippen LogP contribution < -0.4 is 5.32 Å². The monoisotopic (exact) mass is 406 g/mol. The van der Waals surface area contributed by atoms with Gasteiger partial charge in [0.15, 0.2) is 5.16 Å². The minimum Gasteiger partial charge on any atom is -0.349 e. The molecular weight excluding hydrogens is 380 g/mol. The molecule has 1 aliphatic rings. The highest BCUT2D eigenvalue weighted by Gasteiger charge is 2.22. The van der Waals surface area contributed by atoms with Crippen molar-refractivity contribution in [3.63, 3.8) is 0 Å². The van der Waals surface area contributed by atoms with Crippen LogP contribution in [0.15, 0.2) is 29.4 Å². The van der Waals surface area contributed by atoms with Gasteiger partial charge >= 0.3 is 0 Å². The molecule has 1 N–H and O–H groups in total. The van der Waals surface area contributed by atoms with Crippen molar-refractivity contribution < 1.29 is 4.79 Å². The molecule has 0 aliphatic heterocycles. The maximum Gasteiger partial charge on any atom is 0.230 e. The van der Waals surface area contributed by atoms with Crippen LogP contribution in [0.5, 0.6) is 0 Å². The third-order valence-corrected chi connectivity index (χ3v) is 6.32. The van der Waals surface area contributed by atoms with E-state index in [-0.39, 0.29) is 11.9 Å². The average molecular weight is 407 g/mol. The fourth-order valence-corrected chi connectivity index (χ4v) is 4.68. The molecule has 1 aromatic heterocycles. The van der Waals surface area contributed by atoms with E-state index in [9.17, 15) is 4.79 Å². The van der Waals surface area contributed by atoms with Crippen LogP contribution in [0.2, 0.25) is 5.02 Å². The Hall–Kier alpha value is -1.53. The minimum absolute atomic E-state index is 0.00619. The summed E-state index contributed by atoms with van der Waals surface area (Å²) < 4.78 is 2.23. The second-order valence-corrected chi connectivity index (χ2v) is 8.44. The van der Waals surface area contributed by atoms with Crippen molar-refractivity contribution in [2.24, 2.45) is 0 Å². The number of rotatable bonds is 7. The molecule has 27 heavy (non-hydrogen) atoms. The lowest BCUT2D eigenvalue weighted by Crippen LogP contribution is -2.29. The van der Waals surface area contributed by atoms with Gasteiger partial charge in [-0.15, -0.1) is 10.2 Å². The molecule has 146 valence electrons. The van der Waals surface area contributed by atoms with E-state index in [2.05, 4.69) is 27.0 Å². The zero-order chi connectivity index (χ0) is 19.2. The summed E-state index contributed by atoms with van der Waals surface area (Å²) in [5, 5.41) is 13.2. The van der Waals surface area contributed by atoms with E-state index in [0.29, 0.717) is 16.8 Å². The van der Waals surface area contributed by atoms with Gasteiger partial charge in [0, 0.05) is 11.1 Å². The lowest BCUT2D eigenvalue weighted by atomic mass is 9.95. The quantitative estimate of drug-likeness (QED) is 0.649. The van der Waals surface area contributed by atoms with Crippen LogP contribution in [0, 0.1) is 6.92 Å². The van der Waals surface area contributed by atoms with E-state index in [0.717, 1.165) is 23.0 Å². The van der Waals surface area contributed by atoms with Gasteiger partial charge in [0.05, 0.1) is 11.8 Å². The molecule has 1 amide bonds. The summed E-state index contributed by atoms with van der Waals surface area (Å²) in [7, 11) is 0. The molecule has 5 nitrogen and oxygen atoms in total. The van der Waals surface area contributed by atoms with Crippen molar-refractivity contribution in [1.29, 1.82) is 0 Å². The Morgan fingerprint density at radius 3 is 2.63 bits per heavy atom. The minimum atomic E-state index is -0.00619. The van der Waals surface area contributed by atoms with E-state index in [1.165, 1.54) is 43.9 Å². The van der Waals surface area contributed by atoms with Crippen LogP contribution in [0.1, 0.15) is 68.9 Å². The summed E-state index contributed by atoms with van der Waals surface area (Å²) in [6, 6.07) is 8.11. The number of amides is 1. The molecule has 2 aromatic rings. The van der Waals surface area contributed by atoms with Gasteiger partial charge in [-0.2, -0.15) is 0 Å². The van der Waals surface area contributed by atoms with Gasteiger partial charge in [0.1, 0.15) is 5.82 Å². The van der Waals surface area contributed by atoms with Gasteiger partial charge < -0.3 is 9.88 Å². The molecule has 1 aromatic carbocycles. The first-order chi connectivity index (χ1) is 13.1. The predicted octanol–water partition coefficient (Wildman–Crippen LogP) is 5.10. The zero-order valence-corrected chi connectivity index (χ0v) is 17.5. The van der Waals surface area contributed by atoms with Gasteiger partial charge in [-0.3, -0.25) is 4.79 Å².